The summed E-state index contributed by atoms with van der Waals surface area (Å²) in [5.41, 5.74) is 7.87. The number of aromatic nitrogens is 2. The molecule has 2 rings (SSSR count). The zero-order chi connectivity index (χ0) is 15.9. The predicted molar refractivity (Wildman–Crippen MR) is 85.8 cm³/mol. The second-order valence-corrected chi connectivity index (χ2v) is 5.99. The maximum atomic E-state index is 10.4. The highest BCUT2D eigenvalue weighted by atomic mass is 16.5. The summed E-state index contributed by atoms with van der Waals surface area (Å²) < 4.78 is 7.49. The van der Waals surface area contributed by atoms with E-state index in [4.69, 9.17) is 10.5 Å². The van der Waals surface area contributed by atoms with Crippen molar-refractivity contribution in [3.63, 3.8) is 0 Å². The third-order valence-electron chi connectivity index (χ3n) is 3.54. The van der Waals surface area contributed by atoms with Gasteiger partial charge in [-0.15, -0.1) is 0 Å². The van der Waals surface area contributed by atoms with Crippen LogP contribution in [0.3, 0.4) is 0 Å². The molecule has 1 unspecified atom stereocenters. The molecule has 0 aliphatic heterocycles. The van der Waals surface area contributed by atoms with E-state index < -0.39 is 6.10 Å². The molecule has 22 heavy (non-hydrogen) atoms. The summed E-state index contributed by atoms with van der Waals surface area (Å²) in [6.45, 7) is 5.04. The molecule has 1 heterocycles. The Morgan fingerprint density at radius 3 is 2.68 bits per heavy atom. The highest BCUT2D eigenvalue weighted by molar-refractivity contribution is 5.13. The molecule has 0 spiro atoms. The number of nitrogens with two attached hydrogens (primary N) is 1. The zero-order valence-electron chi connectivity index (χ0n) is 13.2. The van der Waals surface area contributed by atoms with Crippen molar-refractivity contribution >= 4 is 0 Å². The van der Waals surface area contributed by atoms with Crippen LogP contribution in [0, 0.1) is 5.92 Å². The number of aliphatic hydroxyl groups is 1. The minimum atomic E-state index is -0.731. The van der Waals surface area contributed by atoms with Crippen molar-refractivity contribution in [2.45, 2.75) is 45.8 Å². The van der Waals surface area contributed by atoms with Crippen LogP contribution >= 0.6 is 0 Å². The van der Waals surface area contributed by atoms with Gasteiger partial charge in [-0.05, 0) is 17.9 Å². The Bertz CT molecular complexity index is 554. The first kappa shape index (κ1) is 16.7. The number of ether oxygens (including phenoxy) is 1. The molecular formula is C17H25N3O2. The van der Waals surface area contributed by atoms with Crippen molar-refractivity contribution in [3.8, 4) is 0 Å². The average Bonchev–Trinajstić information content (AvgIpc) is 2.95. The summed E-state index contributed by atoms with van der Waals surface area (Å²) in [7, 11) is 0. The molecule has 0 bridgehead atoms. The molecule has 120 valence electrons. The standard InChI is InChI=1S/C17H25N3O2/c1-13(2)8-15(18)17(21)16-9-19-11-20(16)12-22-10-14-6-4-3-5-7-14/h3-7,9,11,13,15,17,21H,8,10,12,18H2,1-2H3/t15?,17-/m0/s1. The van der Waals surface area contributed by atoms with Crippen LogP contribution < -0.4 is 5.73 Å². The number of hydrogen-bond donors (Lipinski definition) is 2. The highest BCUT2D eigenvalue weighted by Crippen LogP contribution is 2.20. The van der Waals surface area contributed by atoms with Gasteiger partial charge in [0, 0.05) is 6.04 Å². The number of nitrogens with zero attached hydrogens (tertiary/aromatic N) is 2. The number of rotatable bonds is 8. The lowest BCUT2D eigenvalue weighted by molar-refractivity contribution is 0.0522. The van der Waals surface area contributed by atoms with E-state index in [0.29, 0.717) is 24.9 Å². The molecule has 3 N–H and O–H groups in total. The smallest absolute Gasteiger partial charge is 0.124 e. The van der Waals surface area contributed by atoms with Gasteiger partial charge in [0.25, 0.3) is 0 Å². The summed E-state index contributed by atoms with van der Waals surface area (Å²) in [6, 6.07) is 9.67. The minimum Gasteiger partial charge on any atom is -0.385 e. The zero-order valence-corrected chi connectivity index (χ0v) is 13.2. The summed E-state index contributed by atoms with van der Waals surface area (Å²) in [5, 5.41) is 10.4. The van der Waals surface area contributed by atoms with E-state index in [0.717, 1.165) is 12.0 Å². The third kappa shape index (κ3) is 4.66. The summed E-state index contributed by atoms with van der Waals surface area (Å²) in [6.07, 6.45) is 3.34. The quantitative estimate of drug-likeness (QED) is 0.785. The lowest BCUT2D eigenvalue weighted by Crippen LogP contribution is -2.31. The normalized spacial score (nSPS) is 14.2. The summed E-state index contributed by atoms with van der Waals surface area (Å²) >= 11 is 0. The Labute approximate surface area is 131 Å². The van der Waals surface area contributed by atoms with Gasteiger partial charge in [0.1, 0.15) is 12.8 Å². The van der Waals surface area contributed by atoms with Gasteiger partial charge in [-0.3, -0.25) is 0 Å². The van der Waals surface area contributed by atoms with E-state index in [1.807, 2.05) is 30.3 Å². The first-order valence-electron chi connectivity index (χ1n) is 7.63. The predicted octanol–water partition coefficient (Wildman–Crippen LogP) is 2.46. The van der Waals surface area contributed by atoms with Gasteiger partial charge in [0.05, 0.1) is 24.8 Å². The Kier molecular flexibility index (Phi) is 6.12. The Balaban J connectivity index is 1.91. The third-order valence-corrected chi connectivity index (χ3v) is 3.54. The van der Waals surface area contributed by atoms with Crippen LogP contribution in [-0.4, -0.2) is 20.7 Å². The van der Waals surface area contributed by atoms with Crippen LogP contribution in [0.1, 0.15) is 37.6 Å². The molecule has 5 nitrogen and oxygen atoms in total. The van der Waals surface area contributed by atoms with Crippen LogP contribution in [-0.2, 0) is 18.1 Å². The molecule has 5 heteroatoms. The largest absolute Gasteiger partial charge is 0.385 e. The van der Waals surface area contributed by atoms with E-state index in [2.05, 4.69) is 18.8 Å². The molecule has 0 aliphatic rings. The van der Waals surface area contributed by atoms with Crippen LogP contribution in [0.2, 0.25) is 0 Å². The Hall–Kier alpha value is -1.69. The maximum absolute atomic E-state index is 10.4. The van der Waals surface area contributed by atoms with E-state index >= 15 is 0 Å². The number of aliphatic hydroxyl groups excluding tert-OH is 1. The topological polar surface area (TPSA) is 73.3 Å². The molecular weight excluding hydrogens is 278 g/mol. The van der Waals surface area contributed by atoms with Gasteiger partial charge in [-0.2, -0.15) is 0 Å². The van der Waals surface area contributed by atoms with Gasteiger partial charge >= 0.3 is 0 Å². The van der Waals surface area contributed by atoms with E-state index in [1.54, 1.807) is 17.1 Å². The van der Waals surface area contributed by atoms with Crippen LogP contribution in [0.15, 0.2) is 42.9 Å². The lowest BCUT2D eigenvalue weighted by Gasteiger charge is -2.21. The van der Waals surface area contributed by atoms with Crippen molar-refractivity contribution < 1.29 is 9.84 Å². The fourth-order valence-electron chi connectivity index (χ4n) is 2.41. The SMILES string of the molecule is CC(C)CC(N)[C@H](O)c1cncn1COCc1ccccc1. The van der Waals surface area contributed by atoms with Crippen LogP contribution in [0.25, 0.3) is 0 Å². The summed E-state index contributed by atoms with van der Waals surface area (Å²) in [4.78, 5) is 4.10. The number of hydrogen-bond acceptors (Lipinski definition) is 4. The lowest BCUT2D eigenvalue weighted by atomic mass is 9.98. The molecule has 1 aromatic heterocycles. The minimum absolute atomic E-state index is 0.301. The van der Waals surface area contributed by atoms with E-state index in [-0.39, 0.29) is 6.04 Å². The highest BCUT2D eigenvalue weighted by Gasteiger charge is 2.21. The van der Waals surface area contributed by atoms with Gasteiger partial charge < -0.3 is 20.1 Å². The second-order valence-electron chi connectivity index (χ2n) is 5.99. The Morgan fingerprint density at radius 1 is 1.27 bits per heavy atom. The van der Waals surface area contributed by atoms with E-state index in [1.165, 1.54) is 0 Å². The molecule has 0 aliphatic carbocycles. The van der Waals surface area contributed by atoms with Crippen molar-refractivity contribution in [2.75, 3.05) is 0 Å². The second kappa shape index (κ2) is 8.08. The number of benzene rings is 1. The van der Waals surface area contributed by atoms with Crippen LogP contribution in [0.4, 0.5) is 0 Å². The Morgan fingerprint density at radius 2 is 2.00 bits per heavy atom. The first-order chi connectivity index (χ1) is 10.6. The molecule has 2 atom stereocenters. The molecule has 0 saturated heterocycles. The van der Waals surface area contributed by atoms with Gasteiger partial charge in [0.15, 0.2) is 0 Å². The number of imidazole rings is 1. The van der Waals surface area contributed by atoms with Gasteiger partial charge in [0.2, 0.25) is 0 Å². The van der Waals surface area contributed by atoms with Crippen molar-refractivity contribution in [1.82, 2.24) is 9.55 Å². The molecule has 0 radical (unpaired) electrons. The molecule has 0 fully saturated rings. The van der Waals surface area contributed by atoms with Crippen molar-refractivity contribution in [2.24, 2.45) is 11.7 Å². The maximum Gasteiger partial charge on any atom is 0.124 e. The first-order valence-corrected chi connectivity index (χ1v) is 7.63. The van der Waals surface area contributed by atoms with Gasteiger partial charge in [-0.1, -0.05) is 44.2 Å². The van der Waals surface area contributed by atoms with Crippen molar-refractivity contribution in [1.29, 1.82) is 0 Å². The molecule has 1 aromatic carbocycles. The van der Waals surface area contributed by atoms with E-state index in [9.17, 15) is 5.11 Å². The molecule has 0 amide bonds. The summed E-state index contributed by atoms with van der Waals surface area (Å²) in [5.74, 6) is 0.440. The fourth-order valence-corrected chi connectivity index (χ4v) is 2.41. The monoisotopic (exact) mass is 303 g/mol. The van der Waals surface area contributed by atoms with Gasteiger partial charge in [-0.25, -0.2) is 4.98 Å². The fraction of sp³-hybridized carbons (Fsp3) is 0.471. The molecule has 2 aromatic rings. The van der Waals surface area contributed by atoms with Crippen molar-refractivity contribution in [3.05, 3.63) is 54.1 Å². The molecule has 0 saturated carbocycles. The average molecular weight is 303 g/mol. The van der Waals surface area contributed by atoms with Crippen LogP contribution in [0.5, 0.6) is 0 Å².